The van der Waals surface area contributed by atoms with Crippen LogP contribution >= 0.6 is 35.7 Å². The van der Waals surface area contributed by atoms with Crippen molar-refractivity contribution in [1.29, 1.82) is 0 Å². The van der Waals surface area contributed by atoms with Gasteiger partial charge < -0.3 is 10.2 Å². The minimum Gasteiger partial charge on any atom is -0.355 e. The van der Waals surface area contributed by atoms with Crippen molar-refractivity contribution in [3.8, 4) is 0 Å². The smallest absolute Gasteiger partial charge is 0.193 e. The van der Waals surface area contributed by atoms with Crippen LogP contribution in [0.25, 0.3) is 0 Å². The second kappa shape index (κ2) is 9.86. The Hall–Kier alpha value is -0.480. The normalized spacial score (nSPS) is 22.5. The second-order valence-electron chi connectivity index (χ2n) is 6.31. The Labute approximate surface area is 166 Å². The van der Waals surface area contributed by atoms with E-state index in [0.717, 1.165) is 32.1 Å². The van der Waals surface area contributed by atoms with E-state index in [1.165, 1.54) is 36.6 Å². The van der Waals surface area contributed by atoms with Gasteiger partial charge in [-0.1, -0.05) is 0 Å². The molecule has 3 rings (SSSR count). The number of rotatable bonds is 4. The molecule has 1 atom stereocenters. The van der Waals surface area contributed by atoms with E-state index >= 15 is 0 Å². The molecule has 3 heterocycles. The molecular formula is C16H29IN6S. The minimum atomic E-state index is 0. The van der Waals surface area contributed by atoms with Crippen LogP contribution in [0.3, 0.4) is 0 Å². The largest absolute Gasteiger partial charge is 0.355 e. The van der Waals surface area contributed by atoms with Crippen LogP contribution in [0.5, 0.6) is 0 Å². The number of hydrogen-bond acceptors (Lipinski definition) is 4. The van der Waals surface area contributed by atoms with E-state index < -0.39 is 0 Å². The average molecular weight is 464 g/mol. The van der Waals surface area contributed by atoms with E-state index in [-0.39, 0.29) is 24.0 Å². The van der Waals surface area contributed by atoms with Gasteiger partial charge in [0.05, 0.1) is 6.20 Å². The lowest BCUT2D eigenvalue weighted by Gasteiger charge is -2.27. The molecule has 0 saturated carbocycles. The Morgan fingerprint density at radius 2 is 2.17 bits per heavy atom. The van der Waals surface area contributed by atoms with Gasteiger partial charge in [-0.2, -0.15) is 16.9 Å². The first-order valence-electron chi connectivity index (χ1n) is 8.50. The molecular weight excluding hydrogens is 435 g/mol. The summed E-state index contributed by atoms with van der Waals surface area (Å²) in [5, 5.41) is 7.84. The Kier molecular flexibility index (Phi) is 8.15. The summed E-state index contributed by atoms with van der Waals surface area (Å²) in [6.45, 7) is 6.63. The Morgan fingerprint density at radius 3 is 2.83 bits per heavy atom. The summed E-state index contributed by atoms with van der Waals surface area (Å²) in [5.41, 5.74) is 1.34. The van der Waals surface area contributed by atoms with Crippen molar-refractivity contribution in [2.24, 2.45) is 12.0 Å². The maximum Gasteiger partial charge on any atom is 0.193 e. The lowest BCUT2D eigenvalue weighted by molar-refractivity contribution is 0.305. The zero-order valence-electron chi connectivity index (χ0n) is 14.6. The number of thioether (sulfide) groups is 1. The van der Waals surface area contributed by atoms with E-state index in [2.05, 4.69) is 43.2 Å². The van der Waals surface area contributed by atoms with Crippen LogP contribution in [0.4, 0.5) is 0 Å². The fourth-order valence-corrected chi connectivity index (χ4v) is 4.34. The van der Waals surface area contributed by atoms with Gasteiger partial charge in [0, 0.05) is 77.0 Å². The third-order valence-corrected chi connectivity index (χ3v) is 5.65. The SMILES string of the molecule is CN=C(NCCN1CCSCC1)N1CCC(c2cnn(C)c2)C1.I. The molecule has 136 valence electrons. The van der Waals surface area contributed by atoms with Crippen molar-refractivity contribution in [1.82, 2.24) is 24.9 Å². The number of halogens is 1. The van der Waals surface area contributed by atoms with Crippen molar-refractivity contribution in [3.63, 3.8) is 0 Å². The van der Waals surface area contributed by atoms with E-state index in [1.54, 1.807) is 0 Å². The molecule has 1 N–H and O–H groups in total. The molecule has 8 heteroatoms. The first-order chi connectivity index (χ1) is 11.3. The molecule has 1 aromatic rings. The maximum absolute atomic E-state index is 4.47. The number of aryl methyl sites for hydroxylation is 1. The van der Waals surface area contributed by atoms with Crippen LogP contribution in [0, 0.1) is 0 Å². The molecule has 24 heavy (non-hydrogen) atoms. The van der Waals surface area contributed by atoms with Gasteiger partial charge in [0.25, 0.3) is 0 Å². The van der Waals surface area contributed by atoms with Crippen LogP contribution in [0.2, 0.25) is 0 Å². The quantitative estimate of drug-likeness (QED) is 0.416. The minimum absolute atomic E-state index is 0. The van der Waals surface area contributed by atoms with Gasteiger partial charge >= 0.3 is 0 Å². The highest BCUT2D eigenvalue weighted by Gasteiger charge is 2.26. The number of guanidine groups is 1. The lowest BCUT2D eigenvalue weighted by Crippen LogP contribution is -2.44. The molecule has 0 amide bonds. The molecule has 0 aliphatic carbocycles. The number of likely N-dealkylation sites (tertiary alicyclic amines) is 1. The van der Waals surface area contributed by atoms with Crippen molar-refractivity contribution in [3.05, 3.63) is 18.0 Å². The highest BCUT2D eigenvalue weighted by Crippen LogP contribution is 2.26. The highest BCUT2D eigenvalue weighted by atomic mass is 127. The summed E-state index contributed by atoms with van der Waals surface area (Å²) in [7, 11) is 3.87. The monoisotopic (exact) mass is 464 g/mol. The molecule has 1 aromatic heterocycles. The number of aliphatic imine (C=N–C) groups is 1. The maximum atomic E-state index is 4.47. The highest BCUT2D eigenvalue weighted by molar-refractivity contribution is 14.0. The van der Waals surface area contributed by atoms with Crippen molar-refractivity contribution in [2.45, 2.75) is 12.3 Å². The topological polar surface area (TPSA) is 48.7 Å². The van der Waals surface area contributed by atoms with Gasteiger partial charge in [0.1, 0.15) is 0 Å². The molecule has 0 aromatic carbocycles. The fourth-order valence-electron chi connectivity index (χ4n) is 3.36. The second-order valence-corrected chi connectivity index (χ2v) is 7.53. The van der Waals surface area contributed by atoms with Gasteiger partial charge in [-0.15, -0.1) is 24.0 Å². The predicted octanol–water partition coefficient (Wildman–Crippen LogP) is 1.45. The molecule has 1 unspecified atom stereocenters. The molecule has 2 saturated heterocycles. The summed E-state index contributed by atoms with van der Waals surface area (Å²) in [4.78, 5) is 9.39. The summed E-state index contributed by atoms with van der Waals surface area (Å²) in [6, 6.07) is 0. The van der Waals surface area contributed by atoms with Crippen LogP contribution in [-0.4, -0.2) is 83.4 Å². The third kappa shape index (κ3) is 5.26. The van der Waals surface area contributed by atoms with Gasteiger partial charge in [0.2, 0.25) is 0 Å². The zero-order chi connectivity index (χ0) is 16.1. The van der Waals surface area contributed by atoms with Crippen LogP contribution < -0.4 is 5.32 Å². The molecule has 2 aliphatic rings. The summed E-state index contributed by atoms with van der Waals surface area (Å²) < 4.78 is 1.89. The standard InChI is InChI=1S/C16H28N6S.HI/c1-17-16(18-4-6-21-7-9-23-10-8-21)22-5-3-14(13-22)15-11-19-20(2)12-15;/h11-12,14H,3-10,13H2,1-2H3,(H,17,18);1H. The van der Waals surface area contributed by atoms with Crippen molar-refractivity contribution < 1.29 is 0 Å². The first kappa shape index (κ1) is 19.8. The molecule has 0 spiro atoms. The molecule has 6 nitrogen and oxygen atoms in total. The van der Waals surface area contributed by atoms with E-state index in [1.807, 2.05) is 25.0 Å². The van der Waals surface area contributed by atoms with E-state index in [4.69, 9.17) is 0 Å². The Balaban J connectivity index is 0.00000208. The average Bonchev–Trinajstić information content (AvgIpc) is 3.21. The lowest BCUT2D eigenvalue weighted by atomic mass is 10.0. The van der Waals surface area contributed by atoms with Crippen molar-refractivity contribution >= 4 is 41.7 Å². The summed E-state index contributed by atoms with van der Waals surface area (Å²) in [5.74, 6) is 4.16. The Bertz CT molecular complexity index is 528. The molecule has 2 fully saturated rings. The first-order valence-corrected chi connectivity index (χ1v) is 9.66. The van der Waals surface area contributed by atoms with Gasteiger partial charge in [-0.05, 0) is 12.0 Å². The summed E-state index contributed by atoms with van der Waals surface area (Å²) >= 11 is 2.06. The van der Waals surface area contributed by atoms with Crippen LogP contribution in [0.1, 0.15) is 17.9 Å². The van der Waals surface area contributed by atoms with E-state index in [0.29, 0.717) is 5.92 Å². The van der Waals surface area contributed by atoms with E-state index in [9.17, 15) is 0 Å². The number of hydrogen-bond donors (Lipinski definition) is 1. The predicted molar refractivity (Wildman–Crippen MR) is 113 cm³/mol. The third-order valence-electron chi connectivity index (χ3n) is 4.71. The molecule has 0 bridgehead atoms. The number of nitrogens with one attached hydrogen (secondary N) is 1. The number of aromatic nitrogens is 2. The fraction of sp³-hybridized carbons (Fsp3) is 0.750. The summed E-state index contributed by atoms with van der Waals surface area (Å²) in [6.07, 6.45) is 5.31. The molecule has 0 radical (unpaired) electrons. The van der Waals surface area contributed by atoms with Crippen molar-refractivity contribution in [2.75, 3.05) is 57.8 Å². The van der Waals surface area contributed by atoms with Crippen LogP contribution in [-0.2, 0) is 7.05 Å². The van der Waals surface area contributed by atoms with Crippen LogP contribution in [0.15, 0.2) is 17.4 Å². The molecule has 2 aliphatic heterocycles. The van der Waals surface area contributed by atoms with Gasteiger partial charge in [0.15, 0.2) is 5.96 Å². The van der Waals surface area contributed by atoms with Gasteiger partial charge in [-0.25, -0.2) is 0 Å². The zero-order valence-corrected chi connectivity index (χ0v) is 17.8. The Morgan fingerprint density at radius 1 is 1.38 bits per heavy atom. The van der Waals surface area contributed by atoms with Gasteiger partial charge in [-0.3, -0.25) is 14.6 Å². The number of nitrogens with zero attached hydrogens (tertiary/aromatic N) is 5.